The highest BCUT2D eigenvalue weighted by atomic mass is 16.7. The Labute approximate surface area is 67.1 Å². The molecule has 0 saturated carbocycles. The van der Waals surface area contributed by atoms with Crippen LogP contribution in [0.4, 0.5) is 0 Å². The van der Waals surface area contributed by atoms with Gasteiger partial charge in [-0.15, -0.1) is 0 Å². The largest absolute Gasteiger partial charge is 0.404 e. The summed E-state index contributed by atoms with van der Waals surface area (Å²) < 4.78 is 0. The average molecular weight is 173 g/mol. The Morgan fingerprint density at radius 1 is 1.08 bits per heavy atom. The maximum atomic E-state index is 4.83. The first-order valence-electron chi connectivity index (χ1n) is 2.79. The van der Waals surface area contributed by atoms with E-state index in [9.17, 15) is 0 Å². The molecule has 1 heterocycles. The van der Waals surface area contributed by atoms with E-state index < -0.39 is 0 Å². The summed E-state index contributed by atoms with van der Waals surface area (Å²) in [5.74, 6) is 14.4. The van der Waals surface area contributed by atoms with Crippen LogP contribution < -0.4 is 32.2 Å². The standard InChI is InChI=1S/C4H7N5O3/c5-10-2-1-8-4(12-7)9-3(2)11-6/h1H,5-7H2. The molecule has 0 atom stereocenters. The highest BCUT2D eigenvalue weighted by molar-refractivity contribution is 5.31. The molecule has 1 rings (SSSR count). The van der Waals surface area contributed by atoms with Crippen molar-refractivity contribution in [2.75, 3.05) is 0 Å². The van der Waals surface area contributed by atoms with Crippen LogP contribution in [0.2, 0.25) is 0 Å². The molecule has 12 heavy (non-hydrogen) atoms. The Hall–Kier alpha value is -1.64. The van der Waals surface area contributed by atoms with Crippen molar-refractivity contribution in [1.29, 1.82) is 0 Å². The Morgan fingerprint density at radius 2 is 1.83 bits per heavy atom. The molecule has 1 aromatic heterocycles. The first-order chi connectivity index (χ1) is 5.81. The monoisotopic (exact) mass is 173 g/mol. The number of aromatic nitrogens is 2. The minimum absolute atomic E-state index is 0.0621. The summed E-state index contributed by atoms with van der Waals surface area (Å²) in [4.78, 5) is 19.9. The second-order valence-corrected chi connectivity index (χ2v) is 1.68. The lowest BCUT2D eigenvalue weighted by atomic mass is 10.6. The summed E-state index contributed by atoms with van der Waals surface area (Å²) in [7, 11) is 0. The lowest BCUT2D eigenvalue weighted by Gasteiger charge is -2.03. The zero-order valence-electron chi connectivity index (χ0n) is 5.93. The molecule has 0 aliphatic carbocycles. The predicted molar refractivity (Wildman–Crippen MR) is 36.5 cm³/mol. The quantitative estimate of drug-likeness (QED) is 0.457. The molecule has 6 N–H and O–H groups in total. The Balaban J connectivity index is 3.02. The van der Waals surface area contributed by atoms with E-state index >= 15 is 0 Å². The maximum Gasteiger partial charge on any atom is 0.339 e. The van der Waals surface area contributed by atoms with Crippen molar-refractivity contribution in [3.63, 3.8) is 0 Å². The molecule has 0 unspecified atom stereocenters. The number of nitrogens with two attached hydrogens (primary N) is 3. The van der Waals surface area contributed by atoms with Gasteiger partial charge in [-0.05, 0) is 0 Å². The molecule has 0 fully saturated rings. The van der Waals surface area contributed by atoms with E-state index in [0.717, 1.165) is 0 Å². The summed E-state index contributed by atoms with van der Waals surface area (Å²) >= 11 is 0. The van der Waals surface area contributed by atoms with Crippen LogP contribution in [0.15, 0.2) is 6.20 Å². The van der Waals surface area contributed by atoms with E-state index in [1.807, 2.05) is 0 Å². The van der Waals surface area contributed by atoms with Gasteiger partial charge >= 0.3 is 6.01 Å². The number of hydrogen-bond donors (Lipinski definition) is 3. The highest BCUT2D eigenvalue weighted by Crippen LogP contribution is 2.22. The molecule has 0 saturated heterocycles. The van der Waals surface area contributed by atoms with E-state index in [1.54, 1.807) is 0 Å². The molecule has 0 spiro atoms. The number of hydrogen-bond acceptors (Lipinski definition) is 8. The van der Waals surface area contributed by atoms with Crippen LogP contribution in [0, 0.1) is 0 Å². The van der Waals surface area contributed by atoms with Gasteiger partial charge in [-0.1, -0.05) is 0 Å². The lowest BCUT2D eigenvalue weighted by molar-refractivity contribution is 0.252. The van der Waals surface area contributed by atoms with Gasteiger partial charge in [-0.2, -0.15) is 27.7 Å². The fourth-order valence-electron chi connectivity index (χ4n) is 0.562. The van der Waals surface area contributed by atoms with Gasteiger partial charge in [0.1, 0.15) is 0 Å². The van der Waals surface area contributed by atoms with Crippen molar-refractivity contribution in [3.8, 4) is 17.6 Å². The predicted octanol–water partition coefficient (Wildman–Crippen LogP) is -1.77. The first-order valence-corrected chi connectivity index (χ1v) is 2.79. The zero-order valence-corrected chi connectivity index (χ0v) is 5.93. The van der Waals surface area contributed by atoms with Gasteiger partial charge in [0.15, 0.2) is 0 Å². The molecule has 0 aromatic carbocycles. The summed E-state index contributed by atoms with van der Waals surface area (Å²) in [5.41, 5.74) is 0. The molecule has 0 aliphatic rings. The van der Waals surface area contributed by atoms with Crippen molar-refractivity contribution in [1.82, 2.24) is 9.97 Å². The van der Waals surface area contributed by atoms with Gasteiger partial charge in [0.05, 0.1) is 6.20 Å². The van der Waals surface area contributed by atoms with Crippen LogP contribution in [-0.4, -0.2) is 9.97 Å². The fourth-order valence-corrected chi connectivity index (χ4v) is 0.562. The Morgan fingerprint density at radius 3 is 2.33 bits per heavy atom. The molecular formula is C4H7N5O3. The van der Waals surface area contributed by atoms with Crippen molar-refractivity contribution in [3.05, 3.63) is 6.20 Å². The topological polar surface area (TPSA) is 132 Å². The number of nitrogens with zero attached hydrogens (tertiary/aromatic N) is 2. The molecule has 0 amide bonds. The molecule has 66 valence electrons. The third-order valence-corrected chi connectivity index (χ3v) is 1.04. The van der Waals surface area contributed by atoms with Gasteiger partial charge < -0.3 is 14.5 Å². The van der Waals surface area contributed by atoms with Crippen molar-refractivity contribution < 1.29 is 14.5 Å². The van der Waals surface area contributed by atoms with E-state index in [-0.39, 0.29) is 17.6 Å². The highest BCUT2D eigenvalue weighted by Gasteiger charge is 2.08. The molecule has 0 aliphatic heterocycles. The smallest absolute Gasteiger partial charge is 0.339 e. The molecule has 8 nitrogen and oxygen atoms in total. The van der Waals surface area contributed by atoms with Gasteiger partial charge in [0.25, 0.3) is 5.88 Å². The third-order valence-electron chi connectivity index (χ3n) is 1.04. The minimum Gasteiger partial charge on any atom is -0.404 e. The van der Waals surface area contributed by atoms with Crippen molar-refractivity contribution in [2.45, 2.75) is 0 Å². The van der Waals surface area contributed by atoms with E-state index in [0.29, 0.717) is 0 Å². The average Bonchev–Trinajstić information content (AvgIpc) is 2.16. The second kappa shape index (κ2) is 3.67. The molecule has 1 aromatic rings. The summed E-state index contributed by atoms with van der Waals surface area (Å²) in [6.45, 7) is 0. The normalized spacial score (nSPS) is 9.25. The molecule has 0 bridgehead atoms. The van der Waals surface area contributed by atoms with Gasteiger partial charge in [-0.25, -0.2) is 0 Å². The van der Waals surface area contributed by atoms with E-state index in [1.165, 1.54) is 6.20 Å². The second-order valence-electron chi connectivity index (χ2n) is 1.68. The summed E-state index contributed by atoms with van der Waals surface area (Å²) in [5, 5.41) is 0. The van der Waals surface area contributed by atoms with Crippen LogP contribution in [0.25, 0.3) is 0 Å². The van der Waals surface area contributed by atoms with Crippen molar-refractivity contribution in [2.24, 2.45) is 17.7 Å². The fraction of sp³-hybridized carbons (Fsp3) is 0. The summed E-state index contributed by atoms with van der Waals surface area (Å²) in [6.07, 6.45) is 1.21. The maximum absolute atomic E-state index is 4.83. The Kier molecular flexibility index (Phi) is 2.58. The van der Waals surface area contributed by atoms with Gasteiger partial charge in [-0.3, -0.25) is 0 Å². The van der Waals surface area contributed by atoms with Crippen LogP contribution >= 0.6 is 0 Å². The minimum atomic E-state index is -0.101. The lowest BCUT2D eigenvalue weighted by Crippen LogP contribution is -2.12. The number of rotatable bonds is 3. The van der Waals surface area contributed by atoms with Crippen LogP contribution in [0.1, 0.15) is 0 Å². The third kappa shape index (κ3) is 1.50. The van der Waals surface area contributed by atoms with Gasteiger partial charge in [0, 0.05) is 0 Å². The van der Waals surface area contributed by atoms with Crippen LogP contribution in [0.3, 0.4) is 0 Å². The summed E-state index contributed by atoms with van der Waals surface area (Å²) in [6, 6.07) is -0.101. The molecular weight excluding hydrogens is 166 g/mol. The molecule has 8 heteroatoms. The van der Waals surface area contributed by atoms with Crippen molar-refractivity contribution >= 4 is 0 Å². The Bertz CT molecular complexity index is 267. The zero-order chi connectivity index (χ0) is 8.97. The SMILES string of the molecule is NOc1ncc(ON)c(ON)n1. The van der Waals surface area contributed by atoms with Crippen LogP contribution in [-0.2, 0) is 0 Å². The van der Waals surface area contributed by atoms with E-state index in [2.05, 4.69) is 24.5 Å². The molecule has 0 radical (unpaired) electrons. The first kappa shape index (κ1) is 8.46. The van der Waals surface area contributed by atoms with E-state index in [4.69, 9.17) is 17.7 Å². The van der Waals surface area contributed by atoms with Crippen LogP contribution in [0.5, 0.6) is 17.6 Å². The van der Waals surface area contributed by atoms with Gasteiger partial charge in [0.2, 0.25) is 5.75 Å².